The van der Waals surface area contributed by atoms with Gasteiger partial charge in [0.25, 0.3) is 0 Å². The summed E-state index contributed by atoms with van der Waals surface area (Å²) in [4.78, 5) is 4.34. The molecule has 0 spiro atoms. The third-order valence-corrected chi connectivity index (χ3v) is 3.55. The minimum absolute atomic E-state index is 0.410. The van der Waals surface area contributed by atoms with E-state index < -0.39 is 0 Å². The van der Waals surface area contributed by atoms with Gasteiger partial charge < -0.3 is 5.73 Å². The number of halogens is 1. The predicted molar refractivity (Wildman–Crippen MR) is 82.6 cm³/mol. The quantitative estimate of drug-likeness (QED) is 0.743. The maximum Gasteiger partial charge on any atom is 0.205 e. The van der Waals surface area contributed by atoms with Gasteiger partial charge >= 0.3 is 0 Å². The zero-order valence-electron chi connectivity index (χ0n) is 10.8. The van der Waals surface area contributed by atoms with Crippen LogP contribution in [0.15, 0.2) is 40.9 Å². The number of nitrogens with zero attached hydrogens (tertiary/aromatic N) is 3. The molecule has 1 aromatic heterocycles. The number of anilines is 1. The number of benzene rings is 2. The van der Waals surface area contributed by atoms with E-state index >= 15 is 0 Å². The number of nitriles is 1. The first-order chi connectivity index (χ1) is 9.58. The highest BCUT2D eigenvalue weighted by atomic mass is 79.9. The number of nitrogens with two attached hydrogens (primary N) is 1. The Morgan fingerprint density at radius 3 is 2.75 bits per heavy atom. The summed E-state index contributed by atoms with van der Waals surface area (Å²) in [6.45, 7) is 2.02. The van der Waals surface area contributed by atoms with Crippen LogP contribution < -0.4 is 5.73 Å². The van der Waals surface area contributed by atoms with E-state index in [1.165, 1.54) is 0 Å². The van der Waals surface area contributed by atoms with E-state index in [1.54, 1.807) is 12.1 Å². The van der Waals surface area contributed by atoms with Gasteiger partial charge in [-0.25, -0.2) is 4.98 Å². The molecular weight excluding hydrogens is 316 g/mol. The van der Waals surface area contributed by atoms with Crippen LogP contribution in [0.3, 0.4) is 0 Å². The summed E-state index contributed by atoms with van der Waals surface area (Å²) >= 11 is 3.49. The highest BCUT2D eigenvalue weighted by Crippen LogP contribution is 2.26. The largest absolute Gasteiger partial charge is 0.369 e. The first-order valence-electron chi connectivity index (χ1n) is 6.04. The van der Waals surface area contributed by atoms with Crippen LogP contribution in [0.25, 0.3) is 16.7 Å². The van der Waals surface area contributed by atoms with Gasteiger partial charge in [0.05, 0.1) is 28.4 Å². The number of aromatic nitrogens is 2. The van der Waals surface area contributed by atoms with Crippen molar-refractivity contribution >= 4 is 32.9 Å². The van der Waals surface area contributed by atoms with E-state index in [9.17, 15) is 0 Å². The van der Waals surface area contributed by atoms with Gasteiger partial charge in [-0.15, -0.1) is 0 Å². The van der Waals surface area contributed by atoms with Crippen LogP contribution >= 0.6 is 15.9 Å². The Morgan fingerprint density at radius 1 is 1.25 bits per heavy atom. The van der Waals surface area contributed by atoms with E-state index in [1.807, 2.05) is 35.8 Å². The average molecular weight is 327 g/mol. The molecule has 0 saturated carbocycles. The zero-order valence-corrected chi connectivity index (χ0v) is 12.3. The van der Waals surface area contributed by atoms with Crippen molar-refractivity contribution < 1.29 is 0 Å². The van der Waals surface area contributed by atoms with Crippen LogP contribution in [-0.2, 0) is 0 Å². The van der Waals surface area contributed by atoms with Crippen LogP contribution in [0.1, 0.15) is 11.1 Å². The fourth-order valence-corrected chi connectivity index (χ4v) is 2.88. The summed E-state index contributed by atoms with van der Waals surface area (Å²) in [7, 11) is 0. The summed E-state index contributed by atoms with van der Waals surface area (Å²) < 4.78 is 2.83. The molecule has 1 heterocycles. The monoisotopic (exact) mass is 326 g/mol. The lowest BCUT2D eigenvalue weighted by Crippen LogP contribution is -2.01. The smallest absolute Gasteiger partial charge is 0.205 e. The second-order valence-electron chi connectivity index (χ2n) is 4.61. The third-order valence-electron chi connectivity index (χ3n) is 3.09. The maximum absolute atomic E-state index is 9.04. The van der Waals surface area contributed by atoms with Gasteiger partial charge in [0.1, 0.15) is 0 Å². The maximum atomic E-state index is 9.04. The molecule has 3 aromatic rings. The lowest BCUT2D eigenvalue weighted by atomic mass is 10.2. The lowest BCUT2D eigenvalue weighted by molar-refractivity contribution is 1.10. The normalized spacial score (nSPS) is 10.7. The Kier molecular flexibility index (Phi) is 2.96. The van der Waals surface area contributed by atoms with Gasteiger partial charge in [0.2, 0.25) is 5.95 Å². The van der Waals surface area contributed by atoms with Crippen molar-refractivity contribution in [3.05, 3.63) is 52.0 Å². The average Bonchev–Trinajstić information content (AvgIpc) is 2.72. The molecule has 5 heteroatoms. The van der Waals surface area contributed by atoms with E-state index in [0.29, 0.717) is 11.5 Å². The highest BCUT2D eigenvalue weighted by Gasteiger charge is 2.11. The molecule has 0 aliphatic carbocycles. The molecule has 0 fully saturated rings. The fraction of sp³-hybridized carbons (Fsp3) is 0.0667. The van der Waals surface area contributed by atoms with Gasteiger partial charge in [-0.05, 0) is 48.9 Å². The molecule has 0 atom stereocenters. The highest BCUT2D eigenvalue weighted by molar-refractivity contribution is 9.10. The predicted octanol–water partition coefficient (Wildman–Crippen LogP) is 3.55. The van der Waals surface area contributed by atoms with Crippen LogP contribution in [0.4, 0.5) is 5.95 Å². The van der Waals surface area contributed by atoms with Gasteiger partial charge in [0.15, 0.2) is 0 Å². The molecule has 98 valence electrons. The fourth-order valence-electron chi connectivity index (χ4n) is 2.28. The van der Waals surface area contributed by atoms with Crippen LogP contribution in [0.2, 0.25) is 0 Å². The van der Waals surface area contributed by atoms with Crippen molar-refractivity contribution in [2.45, 2.75) is 6.92 Å². The van der Waals surface area contributed by atoms with Crippen molar-refractivity contribution in [2.75, 3.05) is 5.73 Å². The number of imidazole rings is 1. The Labute approximate surface area is 124 Å². The summed E-state index contributed by atoms with van der Waals surface area (Å²) in [5, 5.41) is 9.04. The standard InChI is InChI=1S/C15H11BrN4/c1-9-4-11(16)7-12(5-9)20-14-6-10(8-17)2-3-13(14)19-15(20)18/h2-7H,1H3,(H2,18,19). The molecule has 2 N–H and O–H groups in total. The Bertz CT molecular complexity index is 838. The van der Waals surface area contributed by atoms with Gasteiger partial charge in [-0.1, -0.05) is 15.9 Å². The lowest BCUT2D eigenvalue weighted by Gasteiger charge is -2.08. The summed E-state index contributed by atoms with van der Waals surface area (Å²) in [5.41, 5.74) is 10.3. The molecule has 2 aromatic carbocycles. The van der Waals surface area contributed by atoms with Gasteiger partial charge in [-0.3, -0.25) is 4.57 Å². The second kappa shape index (κ2) is 4.66. The van der Waals surface area contributed by atoms with E-state index in [4.69, 9.17) is 11.0 Å². The summed E-state index contributed by atoms with van der Waals surface area (Å²) in [6, 6.07) is 13.5. The SMILES string of the molecule is Cc1cc(Br)cc(-n2c(N)nc3ccc(C#N)cc32)c1. The molecule has 0 radical (unpaired) electrons. The molecular formula is C15H11BrN4. The molecule has 0 aliphatic rings. The Balaban J connectivity index is 2.35. The van der Waals surface area contributed by atoms with Crippen molar-refractivity contribution in [3.63, 3.8) is 0 Å². The molecule has 0 amide bonds. The Morgan fingerprint density at radius 2 is 2.05 bits per heavy atom. The zero-order chi connectivity index (χ0) is 14.3. The van der Waals surface area contributed by atoms with E-state index in [2.05, 4.69) is 27.0 Å². The number of fused-ring (bicyclic) bond motifs is 1. The van der Waals surface area contributed by atoms with Crippen LogP contribution in [0, 0.1) is 18.3 Å². The minimum Gasteiger partial charge on any atom is -0.369 e. The van der Waals surface area contributed by atoms with Crippen molar-refractivity contribution in [1.29, 1.82) is 5.26 Å². The van der Waals surface area contributed by atoms with Crippen molar-refractivity contribution in [2.24, 2.45) is 0 Å². The number of hydrogen-bond donors (Lipinski definition) is 1. The van der Waals surface area contributed by atoms with Crippen molar-refractivity contribution in [3.8, 4) is 11.8 Å². The van der Waals surface area contributed by atoms with Crippen LogP contribution in [-0.4, -0.2) is 9.55 Å². The first-order valence-corrected chi connectivity index (χ1v) is 6.83. The third kappa shape index (κ3) is 2.04. The number of rotatable bonds is 1. The Hall–Kier alpha value is -2.32. The summed E-state index contributed by atoms with van der Waals surface area (Å²) in [5.74, 6) is 0.410. The van der Waals surface area contributed by atoms with Gasteiger partial charge in [0, 0.05) is 4.47 Å². The second-order valence-corrected chi connectivity index (χ2v) is 5.52. The van der Waals surface area contributed by atoms with Gasteiger partial charge in [-0.2, -0.15) is 5.26 Å². The molecule has 20 heavy (non-hydrogen) atoms. The summed E-state index contributed by atoms with van der Waals surface area (Å²) in [6.07, 6.45) is 0. The molecule has 4 nitrogen and oxygen atoms in total. The van der Waals surface area contributed by atoms with E-state index in [-0.39, 0.29) is 0 Å². The number of hydrogen-bond acceptors (Lipinski definition) is 3. The first kappa shape index (κ1) is 12.7. The van der Waals surface area contributed by atoms with Crippen LogP contribution in [0.5, 0.6) is 0 Å². The molecule has 3 rings (SSSR count). The van der Waals surface area contributed by atoms with E-state index in [0.717, 1.165) is 26.8 Å². The minimum atomic E-state index is 0.410. The molecule has 0 saturated heterocycles. The number of nitrogen functional groups attached to an aromatic ring is 1. The molecule has 0 unspecified atom stereocenters. The number of aryl methyl sites for hydroxylation is 1. The topological polar surface area (TPSA) is 67.6 Å². The molecule has 0 aliphatic heterocycles. The molecule has 0 bridgehead atoms. The van der Waals surface area contributed by atoms with Crippen molar-refractivity contribution in [1.82, 2.24) is 9.55 Å².